The number of rotatable bonds is 22. The second-order valence-electron chi connectivity index (χ2n) is 19.9. The summed E-state index contributed by atoms with van der Waals surface area (Å²) in [6, 6.07) is 10.5. The molecular formula is C55H74N11O18P+2. The van der Waals surface area contributed by atoms with E-state index in [1.807, 2.05) is 52.3 Å². The van der Waals surface area contributed by atoms with Crippen molar-refractivity contribution in [2.24, 2.45) is 0 Å². The standard InChI is InChI=1S/C30H41N6O9P.C21H24N4O8.C4H7NO/c1-8-22-10-11-25(36(40)41)23(14-22)21(7)44-30(39)32-24-15-27(34-16-20(6)28(37)33-29(34)38)45-26(24)17-43-46(42-13-9-12-31)35(18(2)3)19(4)5;1-4-13-5-6-16(25(30)31)14(7-13)12(3)32-21(29)22-15-8-18(33-17(15)10-26)24-9-11(2)19(27)23-20(24)28;1-6-4-2-3-5/h10-11,14,16,18-19,21,24,26H,8-9,13,15,17H2,1-7H3,(H-,32,33,37,38,39);5-7,9,12,15,17,26H,4,8,10H2,1-3H3,(H-,22,23,27,28,29);2,4H2,1H3/p+2/b34-27-;24-18-;/t21?,24-,26-,46?;12?,15-,17-;/m11./s1. The molecule has 2 aromatic rings. The number of amides is 8. The number of aliphatic hydroxyl groups excluding tert-OH is 1. The summed E-state index contributed by atoms with van der Waals surface area (Å²) in [6.45, 7) is 18.1. The molecule has 2 saturated heterocycles. The molecule has 0 saturated carbocycles. The molecule has 0 radical (unpaired) electrons. The van der Waals surface area contributed by atoms with Crippen molar-refractivity contribution < 1.29 is 85.6 Å². The SMILES string of the molecule is CCc1ccc([N+](=O)[O-])c(C(C)OC(=O)N[C@@H]2C/C(=[N+]3\C=C(C)C(=O)NC3=O)O[C@@H]2CO)c1.CCc1ccc([N+](=O)[O-])c(C(C)OC(=O)N[C@@H]2C/C(=[N+]3\C=C(C)C(=O)NC3=O)O[C@@H]2COP(OCCC#N)N(C(C)C)C(C)C)c1.COCCC#N. The molecule has 8 amide bonds. The number of carbonyl (C=O) groups is 6. The monoisotopic (exact) mass is 1210 g/mol. The molecule has 0 aliphatic carbocycles. The lowest BCUT2D eigenvalue weighted by molar-refractivity contribution is -0.386. The number of aryl methyl sites for hydroxylation is 2. The van der Waals surface area contributed by atoms with E-state index < -0.39 is 97.5 Å². The zero-order valence-corrected chi connectivity index (χ0v) is 50.2. The minimum absolute atomic E-state index is 0.0413. The van der Waals surface area contributed by atoms with Gasteiger partial charge in [-0.05, 0) is 91.5 Å². The van der Waals surface area contributed by atoms with Gasteiger partial charge >= 0.3 is 36.1 Å². The van der Waals surface area contributed by atoms with Crippen molar-refractivity contribution in [2.45, 2.75) is 156 Å². The van der Waals surface area contributed by atoms with E-state index in [0.29, 0.717) is 25.9 Å². The highest BCUT2D eigenvalue weighted by Crippen LogP contribution is 2.46. The Morgan fingerprint density at radius 3 is 1.54 bits per heavy atom. The van der Waals surface area contributed by atoms with E-state index in [-0.39, 0.29) is 90.0 Å². The summed E-state index contributed by atoms with van der Waals surface area (Å²) in [5.41, 5.74) is 2.47. The van der Waals surface area contributed by atoms with Crippen LogP contribution in [0.15, 0.2) is 59.9 Å². The van der Waals surface area contributed by atoms with E-state index >= 15 is 0 Å². The Morgan fingerprint density at radius 2 is 1.16 bits per heavy atom. The molecule has 0 bridgehead atoms. The molecule has 5 N–H and O–H groups in total. The molecule has 3 unspecified atom stereocenters. The quantitative estimate of drug-likeness (QED) is 0.0256. The van der Waals surface area contributed by atoms with E-state index in [1.54, 1.807) is 45.2 Å². The van der Waals surface area contributed by atoms with Gasteiger partial charge in [0.15, 0.2) is 0 Å². The summed E-state index contributed by atoms with van der Waals surface area (Å²) in [6.07, 6.45) is -0.548. The predicted octanol–water partition coefficient (Wildman–Crippen LogP) is 7.16. The Kier molecular flexibility index (Phi) is 27.1. The average molecular weight is 1210 g/mol. The number of nitrogens with one attached hydrogen (secondary N) is 4. The van der Waals surface area contributed by atoms with Crippen molar-refractivity contribution in [3.05, 3.63) is 102 Å². The number of carbonyl (C=O) groups excluding carboxylic acids is 6. The molecule has 460 valence electrons. The van der Waals surface area contributed by atoms with Crippen LogP contribution in [0.25, 0.3) is 0 Å². The van der Waals surface area contributed by atoms with Crippen LogP contribution in [0.4, 0.5) is 30.6 Å². The van der Waals surface area contributed by atoms with Crippen LogP contribution in [0, 0.1) is 42.9 Å². The Balaban J connectivity index is 0.000000346. The van der Waals surface area contributed by atoms with Gasteiger partial charge in [0.2, 0.25) is 0 Å². The van der Waals surface area contributed by atoms with E-state index in [9.17, 15) is 54.1 Å². The second-order valence-corrected chi connectivity index (χ2v) is 21.4. The fourth-order valence-electron chi connectivity index (χ4n) is 8.71. The molecule has 30 heteroatoms. The number of alkyl carbamates (subject to hydrolysis) is 2. The van der Waals surface area contributed by atoms with Crippen molar-refractivity contribution in [3.8, 4) is 12.1 Å². The van der Waals surface area contributed by atoms with Crippen LogP contribution >= 0.6 is 8.53 Å². The van der Waals surface area contributed by atoms with Crippen molar-refractivity contribution in [2.75, 3.05) is 33.5 Å². The van der Waals surface area contributed by atoms with Crippen molar-refractivity contribution >= 4 is 67.8 Å². The van der Waals surface area contributed by atoms with Crippen molar-refractivity contribution in [1.29, 1.82) is 10.5 Å². The Morgan fingerprint density at radius 1 is 0.741 bits per heavy atom. The third-order valence-corrected chi connectivity index (χ3v) is 15.2. The molecule has 4 aliphatic rings. The number of aliphatic hydroxyl groups is 1. The highest BCUT2D eigenvalue weighted by molar-refractivity contribution is 7.44. The number of nitro groups is 2. The van der Waals surface area contributed by atoms with Crippen LogP contribution in [-0.2, 0) is 55.2 Å². The van der Waals surface area contributed by atoms with Crippen molar-refractivity contribution in [3.63, 3.8) is 0 Å². The fraction of sp³-hybridized carbons (Fsp3) is 0.527. The summed E-state index contributed by atoms with van der Waals surface area (Å²) in [7, 11) is -0.0636. The molecule has 2 aromatic carbocycles. The lowest BCUT2D eigenvalue weighted by atomic mass is 10.0. The molecule has 7 atom stereocenters. The molecule has 0 aromatic heterocycles. The van der Waals surface area contributed by atoms with Gasteiger partial charge in [0, 0.05) is 31.3 Å². The lowest BCUT2D eigenvalue weighted by Gasteiger charge is -2.36. The summed E-state index contributed by atoms with van der Waals surface area (Å²) < 4.78 is 43.8. The van der Waals surface area contributed by atoms with Gasteiger partial charge in [-0.3, -0.25) is 20.2 Å². The Bertz CT molecular complexity index is 3020. The van der Waals surface area contributed by atoms with Gasteiger partial charge in [0.05, 0.1) is 108 Å². The number of urea groups is 2. The topological polar surface area (TPSA) is 379 Å². The molecule has 4 aliphatic heterocycles. The molecular weight excluding hydrogens is 1130 g/mol. The zero-order chi connectivity index (χ0) is 63.2. The number of nitrogens with zero attached hydrogens (tertiary/aromatic N) is 7. The normalized spacial score (nSPS) is 21.0. The number of nitro benzene ring substituents is 2. The minimum atomic E-state index is -1.64. The summed E-state index contributed by atoms with van der Waals surface area (Å²) in [5, 5.41) is 59.3. The maximum Gasteiger partial charge on any atom is 0.506 e. The molecule has 85 heavy (non-hydrogen) atoms. The number of ether oxygens (including phenoxy) is 5. The van der Waals surface area contributed by atoms with Gasteiger partial charge in [-0.15, -0.1) is 9.15 Å². The largest absolute Gasteiger partial charge is 0.506 e. The first-order chi connectivity index (χ1) is 40.3. The molecule has 4 heterocycles. The average Bonchev–Trinajstić information content (AvgIpc) is 3.28. The highest BCUT2D eigenvalue weighted by atomic mass is 31.2. The molecule has 29 nitrogen and oxygen atoms in total. The third kappa shape index (κ3) is 19.6. The summed E-state index contributed by atoms with van der Waals surface area (Å²) >= 11 is 0. The predicted molar refractivity (Wildman–Crippen MR) is 303 cm³/mol. The number of hydrogen-bond donors (Lipinski definition) is 5. The van der Waals surface area contributed by atoms with Crippen LogP contribution in [-0.4, -0.2) is 147 Å². The number of imide groups is 2. The zero-order valence-electron chi connectivity index (χ0n) is 49.3. The van der Waals surface area contributed by atoms with Crippen LogP contribution < -0.4 is 21.3 Å². The minimum Gasteiger partial charge on any atom is -0.457 e. The van der Waals surface area contributed by atoms with Gasteiger partial charge in [0.1, 0.15) is 36.8 Å². The number of nitriles is 2. The fourth-order valence-corrected chi connectivity index (χ4v) is 10.3. The first-order valence-corrected chi connectivity index (χ1v) is 28.3. The molecule has 2 fully saturated rings. The van der Waals surface area contributed by atoms with Gasteiger partial charge < -0.3 is 48.5 Å². The van der Waals surface area contributed by atoms with Crippen LogP contribution in [0.3, 0.4) is 0 Å². The Hall–Kier alpha value is -8.31. The van der Waals surface area contributed by atoms with Gasteiger partial charge in [-0.25, -0.2) is 23.8 Å². The van der Waals surface area contributed by atoms with Crippen LogP contribution in [0.1, 0.15) is 129 Å². The maximum absolute atomic E-state index is 13.2. The van der Waals surface area contributed by atoms with Crippen molar-refractivity contribution in [1.82, 2.24) is 25.9 Å². The maximum atomic E-state index is 13.2. The Labute approximate surface area is 492 Å². The van der Waals surface area contributed by atoms with Gasteiger partial charge in [-0.2, -0.15) is 30.7 Å². The van der Waals surface area contributed by atoms with E-state index in [4.69, 9.17) is 38.5 Å². The first-order valence-electron chi connectivity index (χ1n) is 27.2. The van der Waals surface area contributed by atoms with Gasteiger partial charge in [0.25, 0.3) is 31.7 Å². The van der Waals surface area contributed by atoms with Crippen LogP contribution in [0.5, 0.6) is 0 Å². The van der Waals surface area contributed by atoms with Gasteiger partial charge in [-0.1, -0.05) is 26.0 Å². The molecule has 6 rings (SSSR count). The smallest absolute Gasteiger partial charge is 0.457 e. The second kappa shape index (κ2) is 33.3. The van der Waals surface area contributed by atoms with E-state index in [0.717, 1.165) is 15.7 Å². The highest BCUT2D eigenvalue weighted by Gasteiger charge is 2.44. The molecule has 0 spiro atoms. The number of hydrogen-bond acceptors (Lipinski definition) is 21. The summed E-state index contributed by atoms with van der Waals surface area (Å²) in [5.74, 6) is -0.747. The number of methoxy groups -OCH3 is 1. The van der Waals surface area contributed by atoms with E-state index in [2.05, 4.69) is 32.1 Å². The van der Waals surface area contributed by atoms with E-state index in [1.165, 1.54) is 43.0 Å². The van der Waals surface area contributed by atoms with Crippen LogP contribution in [0.2, 0.25) is 0 Å². The number of benzene rings is 2. The summed E-state index contributed by atoms with van der Waals surface area (Å²) in [4.78, 5) is 96.0. The lowest BCUT2D eigenvalue weighted by Crippen LogP contribution is -2.43. The first kappa shape index (κ1) is 69.2. The third-order valence-electron chi connectivity index (χ3n) is 13.1.